The zero-order valence-corrected chi connectivity index (χ0v) is 16.8. The Hall–Kier alpha value is 0.120. The summed E-state index contributed by atoms with van der Waals surface area (Å²) >= 11 is 3.14. The SMILES string of the molecule is O=S(=O)(O)c1c(S)c(S(=O)(=O)O)c(S(=O)(=O)O)c(S(=O)(=O)O)c1S(=O)(=O)O.[NaH]. The van der Waals surface area contributed by atoms with E-state index in [9.17, 15) is 42.1 Å². The van der Waals surface area contributed by atoms with Crippen LogP contribution in [0, 0.1) is 0 Å². The van der Waals surface area contributed by atoms with Crippen LogP contribution in [0.25, 0.3) is 0 Å². The van der Waals surface area contributed by atoms with E-state index in [2.05, 4.69) is 12.6 Å². The molecule has 0 amide bonds. The van der Waals surface area contributed by atoms with Crippen LogP contribution in [0.1, 0.15) is 0 Å². The summed E-state index contributed by atoms with van der Waals surface area (Å²) < 4.78 is 160. The molecule has 0 aromatic heterocycles. The Morgan fingerprint density at radius 2 is 0.571 bits per heavy atom. The van der Waals surface area contributed by atoms with Crippen molar-refractivity contribution in [3.05, 3.63) is 0 Å². The van der Waals surface area contributed by atoms with Gasteiger partial charge in [-0.3, -0.25) is 22.8 Å². The zero-order valence-electron chi connectivity index (χ0n) is 11.8. The predicted molar refractivity (Wildman–Crippen MR) is 89.9 cm³/mol. The molecule has 1 aromatic carbocycles. The van der Waals surface area contributed by atoms with Crippen LogP contribution in [0.2, 0.25) is 0 Å². The van der Waals surface area contributed by atoms with E-state index in [1.54, 1.807) is 0 Å². The van der Waals surface area contributed by atoms with Gasteiger partial charge in [0, 0.05) is 4.90 Å². The molecule has 0 bridgehead atoms. The first kappa shape index (κ1) is 28.1. The minimum absolute atomic E-state index is 0. The number of thiol groups is 1. The van der Waals surface area contributed by atoms with Crippen molar-refractivity contribution in [3.8, 4) is 0 Å². The third-order valence-electron chi connectivity index (χ3n) is 2.54. The Balaban J connectivity index is 0.00000729. The molecule has 0 saturated carbocycles. The fourth-order valence-corrected chi connectivity index (χ4v) is 9.05. The van der Waals surface area contributed by atoms with Crippen LogP contribution < -0.4 is 0 Å². The Morgan fingerprint density at radius 3 is 0.714 bits per heavy atom. The summed E-state index contributed by atoms with van der Waals surface area (Å²) in [5.41, 5.74) is 0. The fraction of sp³-hybridized carbons (Fsp3) is 0. The standard InChI is InChI=1S/C6H6O15S6.Na.H/c7-23(8,9)2-1(22)3(24(10,11)12)5(26(16,17)18)6(27(19,20)21)4(2)25(13,14)15;;/h22H,(H,7,8,9)(H,10,11,12)(H,13,14,15)(H,16,17,18)(H,19,20,21);;. The summed E-state index contributed by atoms with van der Waals surface area (Å²) in [6, 6.07) is 0. The molecule has 0 fully saturated rings. The number of rotatable bonds is 5. The molecule has 0 spiro atoms. The molecule has 0 atom stereocenters. The monoisotopic (exact) mass is 534 g/mol. The quantitative estimate of drug-likeness (QED) is 0.130. The van der Waals surface area contributed by atoms with Gasteiger partial charge in [0.1, 0.15) is 24.5 Å². The Bertz CT molecular complexity index is 1270. The van der Waals surface area contributed by atoms with Gasteiger partial charge >= 0.3 is 29.6 Å². The van der Waals surface area contributed by atoms with E-state index < -0.39 is 80.0 Å². The molecule has 158 valence electrons. The van der Waals surface area contributed by atoms with Crippen LogP contribution >= 0.6 is 12.6 Å². The van der Waals surface area contributed by atoms with Crippen molar-refractivity contribution in [2.75, 3.05) is 0 Å². The van der Waals surface area contributed by atoms with Gasteiger partial charge < -0.3 is 0 Å². The van der Waals surface area contributed by atoms with Gasteiger partial charge in [0.25, 0.3) is 50.6 Å². The molecule has 5 N–H and O–H groups in total. The van der Waals surface area contributed by atoms with Gasteiger partial charge in [0.2, 0.25) is 0 Å². The average molecular weight is 534 g/mol. The third kappa shape index (κ3) is 5.63. The summed E-state index contributed by atoms with van der Waals surface area (Å²) in [5, 5.41) is 0. The number of benzene rings is 1. The maximum atomic E-state index is 11.5. The van der Waals surface area contributed by atoms with Crippen molar-refractivity contribution in [2.24, 2.45) is 0 Å². The van der Waals surface area contributed by atoms with E-state index >= 15 is 0 Å². The van der Waals surface area contributed by atoms with Crippen LogP contribution in [0.3, 0.4) is 0 Å². The first-order chi connectivity index (χ1) is 11.5. The van der Waals surface area contributed by atoms with E-state index in [1.807, 2.05) is 0 Å². The third-order valence-corrected chi connectivity index (χ3v) is 8.43. The van der Waals surface area contributed by atoms with Gasteiger partial charge in [0.15, 0.2) is 0 Å². The van der Waals surface area contributed by atoms with Gasteiger partial charge in [-0.05, 0) is 0 Å². The Labute approximate surface area is 185 Å². The zero-order chi connectivity index (χ0) is 22.0. The van der Waals surface area contributed by atoms with Crippen molar-refractivity contribution in [1.82, 2.24) is 0 Å². The second kappa shape index (κ2) is 7.99. The topological polar surface area (TPSA) is 272 Å². The van der Waals surface area contributed by atoms with Crippen molar-refractivity contribution in [2.45, 2.75) is 29.4 Å². The molecular formula is C6H7NaO15S6. The molecule has 0 saturated heterocycles. The second-order valence-corrected chi connectivity index (χ2v) is 11.6. The Kier molecular flexibility index (Phi) is 8.02. The average Bonchev–Trinajstić information content (AvgIpc) is 2.29. The predicted octanol–water partition coefficient (Wildman–Crippen LogP) is -2.44. The van der Waals surface area contributed by atoms with Crippen molar-refractivity contribution in [1.29, 1.82) is 0 Å². The summed E-state index contributed by atoms with van der Waals surface area (Å²) in [4.78, 5) is -14.4. The molecular weight excluding hydrogens is 527 g/mol. The van der Waals surface area contributed by atoms with Gasteiger partial charge in [-0.1, -0.05) is 0 Å². The first-order valence-corrected chi connectivity index (χ1v) is 13.0. The minimum atomic E-state index is -6.28. The maximum absolute atomic E-state index is 11.5. The van der Waals surface area contributed by atoms with E-state index in [1.165, 1.54) is 0 Å². The van der Waals surface area contributed by atoms with Gasteiger partial charge in [-0.15, -0.1) is 12.6 Å². The number of hydrogen-bond donors (Lipinski definition) is 6. The molecule has 0 unspecified atom stereocenters. The van der Waals surface area contributed by atoms with E-state index in [0.29, 0.717) is 0 Å². The molecule has 0 aliphatic carbocycles. The van der Waals surface area contributed by atoms with Crippen LogP contribution in [0.15, 0.2) is 29.4 Å². The Morgan fingerprint density at radius 1 is 0.429 bits per heavy atom. The molecule has 22 heteroatoms. The van der Waals surface area contributed by atoms with Crippen molar-refractivity contribution < 1.29 is 64.9 Å². The molecule has 28 heavy (non-hydrogen) atoms. The van der Waals surface area contributed by atoms with Crippen LogP contribution in [-0.2, 0) is 50.6 Å². The molecule has 0 aliphatic heterocycles. The van der Waals surface area contributed by atoms with Gasteiger partial charge in [-0.25, -0.2) is 0 Å². The van der Waals surface area contributed by atoms with Crippen LogP contribution in [-0.4, -0.2) is 94.4 Å². The first-order valence-electron chi connectivity index (χ1n) is 5.32. The second-order valence-electron chi connectivity index (χ2n) is 4.37. The normalized spacial score (nSPS) is 13.8. The summed E-state index contributed by atoms with van der Waals surface area (Å²) in [5.74, 6) is 0. The van der Waals surface area contributed by atoms with E-state index in [-0.39, 0.29) is 29.6 Å². The van der Waals surface area contributed by atoms with Gasteiger partial charge in [0.05, 0.1) is 0 Å². The van der Waals surface area contributed by atoms with E-state index in [4.69, 9.17) is 22.8 Å². The fourth-order valence-electron chi connectivity index (χ4n) is 1.81. The van der Waals surface area contributed by atoms with E-state index in [0.717, 1.165) is 0 Å². The summed E-state index contributed by atoms with van der Waals surface area (Å²) in [6.07, 6.45) is 0. The molecule has 0 radical (unpaired) electrons. The molecule has 0 aliphatic rings. The summed E-state index contributed by atoms with van der Waals surface area (Å²) in [6.45, 7) is 0. The number of hydrogen-bond acceptors (Lipinski definition) is 11. The van der Waals surface area contributed by atoms with Crippen LogP contribution in [0.4, 0.5) is 0 Å². The van der Waals surface area contributed by atoms with Crippen LogP contribution in [0.5, 0.6) is 0 Å². The molecule has 1 rings (SSSR count). The molecule has 1 aromatic rings. The summed E-state index contributed by atoms with van der Waals surface area (Å²) in [7, 11) is -30.7. The molecule has 0 heterocycles. The van der Waals surface area contributed by atoms with Crippen molar-refractivity contribution in [3.63, 3.8) is 0 Å². The van der Waals surface area contributed by atoms with Gasteiger partial charge in [-0.2, -0.15) is 42.1 Å². The molecule has 15 nitrogen and oxygen atoms in total. The van der Waals surface area contributed by atoms with Crippen molar-refractivity contribution >= 4 is 92.8 Å².